The molecule has 0 fully saturated rings. The molecule has 1 N–H and O–H groups in total. The van der Waals surface area contributed by atoms with Crippen LogP contribution in [-0.4, -0.2) is 27.2 Å². The predicted molar refractivity (Wildman–Crippen MR) is 81.4 cm³/mol. The Bertz CT molecular complexity index is 448. The van der Waals surface area contributed by atoms with Crippen molar-refractivity contribution in [1.29, 1.82) is 0 Å². The van der Waals surface area contributed by atoms with E-state index in [1.165, 1.54) is 7.11 Å². The van der Waals surface area contributed by atoms with Gasteiger partial charge in [0, 0.05) is 12.0 Å². The standard InChI is InChI=1S/C16H25NO4/c1-5-6-7-13(16(18)17-21-4)10-12-8-9-14(19-2)11-15(12)20-3/h8-9,11,13H,5-7,10H2,1-4H3,(H,17,18)/t13-/m0/s1. The van der Waals surface area contributed by atoms with Crippen molar-refractivity contribution in [2.75, 3.05) is 21.3 Å². The summed E-state index contributed by atoms with van der Waals surface area (Å²) in [4.78, 5) is 16.8. The predicted octanol–water partition coefficient (Wildman–Crippen LogP) is 2.73. The smallest absolute Gasteiger partial charge is 0.246 e. The molecular formula is C16H25NO4. The highest BCUT2D eigenvalue weighted by molar-refractivity contribution is 5.78. The summed E-state index contributed by atoms with van der Waals surface area (Å²) in [6, 6.07) is 5.65. The Labute approximate surface area is 126 Å². The molecule has 118 valence electrons. The summed E-state index contributed by atoms with van der Waals surface area (Å²) in [6.45, 7) is 2.11. The summed E-state index contributed by atoms with van der Waals surface area (Å²) >= 11 is 0. The zero-order valence-electron chi connectivity index (χ0n) is 13.3. The molecule has 1 aromatic rings. The fourth-order valence-corrected chi connectivity index (χ4v) is 2.25. The molecule has 0 bridgehead atoms. The summed E-state index contributed by atoms with van der Waals surface area (Å²) in [5.74, 6) is 1.25. The molecule has 0 saturated heterocycles. The number of rotatable bonds is 9. The third-order valence-electron chi connectivity index (χ3n) is 3.44. The van der Waals surface area contributed by atoms with Gasteiger partial charge in [0.15, 0.2) is 0 Å². The molecule has 0 aliphatic carbocycles. The lowest BCUT2D eigenvalue weighted by Gasteiger charge is -2.17. The van der Waals surface area contributed by atoms with Gasteiger partial charge in [0.2, 0.25) is 5.91 Å². The number of carbonyl (C=O) groups is 1. The topological polar surface area (TPSA) is 56.8 Å². The Hall–Kier alpha value is -1.75. The maximum Gasteiger partial charge on any atom is 0.246 e. The van der Waals surface area contributed by atoms with E-state index in [-0.39, 0.29) is 11.8 Å². The van der Waals surface area contributed by atoms with Crippen LogP contribution in [0.15, 0.2) is 18.2 Å². The second-order valence-electron chi connectivity index (χ2n) is 4.89. The number of hydrogen-bond acceptors (Lipinski definition) is 4. The molecule has 5 heteroatoms. The van der Waals surface area contributed by atoms with Crippen LogP contribution in [0.1, 0.15) is 31.7 Å². The largest absolute Gasteiger partial charge is 0.497 e. The first kappa shape index (κ1) is 17.3. The van der Waals surface area contributed by atoms with Gasteiger partial charge in [-0.25, -0.2) is 5.48 Å². The maximum absolute atomic E-state index is 12.1. The fourth-order valence-electron chi connectivity index (χ4n) is 2.25. The Morgan fingerprint density at radius 1 is 1.24 bits per heavy atom. The lowest BCUT2D eigenvalue weighted by molar-refractivity contribution is -0.135. The minimum Gasteiger partial charge on any atom is -0.497 e. The van der Waals surface area contributed by atoms with E-state index in [1.54, 1.807) is 14.2 Å². The molecule has 1 aromatic carbocycles. The second-order valence-corrected chi connectivity index (χ2v) is 4.89. The van der Waals surface area contributed by atoms with Gasteiger partial charge in [0.1, 0.15) is 11.5 Å². The van der Waals surface area contributed by atoms with Crippen molar-refractivity contribution < 1.29 is 19.1 Å². The highest BCUT2D eigenvalue weighted by Crippen LogP contribution is 2.28. The first-order valence-corrected chi connectivity index (χ1v) is 7.20. The molecule has 0 radical (unpaired) electrons. The molecule has 1 atom stereocenters. The zero-order chi connectivity index (χ0) is 15.7. The van der Waals surface area contributed by atoms with Gasteiger partial charge in [0.25, 0.3) is 0 Å². The van der Waals surface area contributed by atoms with Gasteiger partial charge in [-0.2, -0.15) is 0 Å². The molecule has 0 aliphatic heterocycles. The fraction of sp³-hybridized carbons (Fsp3) is 0.562. The van der Waals surface area contributed by atoms with E-state index >= 15 is 0 Å². The SMILES string of the molecule is CCCC[C@@H](Cc1ccc(OC)cc1OC)C(=O)NOC. The number of nitrogens with one attached hydrogen (secondary N) is 1. The van der Waals surface area contributed by atoms with Gasteiger partial charge in [0.05, 0.1) is 21.3 Å². The second kappa shape index (κ2) is 9.23. The highest BCUT2D eigenvalue weighted by Gasteiger charge is 2.20. The van der Waals surface area contributed by atoms with Crippen LogP contribution >= 0.6 is 0 Å². The number of hydroxylamine groups is 1. The lowest BCUT2D eigenvalue weighted by Crippen LogP contribution is -2.31. The molecule has 1 rings (SSSR count). The monoisotopic (exact) mass is 295 g/mol. The summed E-state index contributed by atoms with van der Waals surface area (Å²) in [5, 5.41) is 0. The van der Waals surface area contributed by atoms with E-state index in [2.05, 4.69) is 12.4 Å². The zero-order valence-corrected chi connectivity index (χ0v) is 13.3. The van der Waals surface area contributed by atoms with E-state index in [9.17, 15) is 4.79 Å². The van der Waals surface area contributed by atoms with Gasteiger partial charge in [-0.3, -0.25) is 9.63 Å². The van der Waals surface area contributed by atoms with Crippen LogP contribution in [0.4, 0.5) is 0 Å². The van der Waals surface area contributed by atoms with Crippen LogP contribution in [0, 0.1) is 5.92 Å². The van der Waals surface area contributed by atoms with E-state index in [0.717, 1.165) is 36.3 Å². The molecular weight excluding hydrogens is 270 g/mol. The van der Waals surface area contributed by atoms with E-state index in [0.29, 0.717) is 6.42 Å². The minimum absolute atomic E-state index is 0.0937. The third kappa shape index (κ3) is 5.27. The molecule has 1 amide bonds. The van der Waals surface area contributed by atoms with E-state index < -0.39 is 0 Å². The summed E-state index contributed by atoms with van der Waals surface area (Å²) < 4.78 is 10.6. The van der Waals surface area contributed by atoms with Gasteiger partial charge in [-0.05, 0) is 24.5 Å². The normalized spacial score (nSPS) is 11.8. The number of carbonyl (C=O) groups excluding carboxylic acids is 1. The van der Waals surface area contributed by atoms with Crippen molar-refractivity contribution in [1.82, 2.24) is 5.48 Å². The third-order valence-corrected chi connectivity index (χ3v) is 3.44. The van der Waals surface area contributed by atoms with Gasteiger partial charge < -0.3 is 9.47 Å². The number of amides is 1. The summed E-state index contributed by atoms with van der Waals surface area (Å²) in [5.41, 5.74) is 3.42. The minimum atomic E-state index is -0.132. The Balaban J connectivity index is 2.88. The van der Waals surface area contributed by atoms with Crippen molar-refractivity contribution >= 4 is 5.91 Å². The summed E-state index contributed by atoms with van der Waals surface area (Å²) in [7, 11) is 4.68. The molecule has 0 spiro atoms. The Kier molecular flexibility index (Phi) is 7.61. The van der Waals surface area contributed by atoms with Gasteiger partial charge in [-0.1, -0.05) is 25.8 Å². The van der Waals surface area contributed by atoms with E-state index in [1.807, 2.05) is 18.2 Å². The van der Waals surface area contributed by atoms with Crippen molar-refractivity contribution in [3.05, 3.63) is 23.8 Å². The first-order valence-electron chi connectivity index (χ1n) is 7.20. The van der Waals surface area contributed by atoms with E-state index in [4.69, 9.17) is 14.3 Å². The number of hydrogen-bond donors (Lipinski definition) is 1. The Morgan fingerprint density at radius 2 is 2.00 bits per heavy atom. The number of unbranched alkanes of at least 4 members (excludes halogenated alkanes) is 1. The molecule has 0 unspecified atom stereocenters. The quantitative estimate of drug-likeness (QED) is 0.712. The van der Waals surface area contributed by atoms with Crippen LogP contribution < -0.4 is 15.0 Å². The molecule has 0 heterocycles. The lowest BCUT2D eigenvalue weighted by atomic mass is 9.93. The van der Waals surface area contributed by atoms with Crippen molar-refractivity contribution in [2.24, 2.45) is 5.92 Å². The molecule has 0 saturated carbocycles. The maximum atomic E-state index is 12.1. The number of methoxy groups -OCH3 is 2. The number of ether oxygens (including phenoxy) is 2. The van der Waals surface area contributed by atoms with Crippen LogP contribution in [0.5, 0.6) is 11.5 Å². The van der Waals surface area contributed by atoms with Gasteiger partial charge >= 0.3 is 0 Å². The molecule has 0 aliphatic rings. The molecule has 21 heavy (non-hydrogen) atoms. The van der Waals surface area contributed by atoms with Crippen LogP contribution in [0.3, 0.4) is 0 Å². The average molecular weight is 295 g/mol. The van der Waals surface area contributed by atoms with Crippen molar-refractivity contribution in [3.63, 3.8) is 0 Å². The van der Waals surface area contributed by atoms with Gasteiger partial charge in [-0.15, -0.1) is 0 Å². The Morgan fingerprint density at radius 3 is 2.57 bits per heavy atom. The highest BCUT2D eigenvalue weighted by atomic mass is 16.6. The molecule has 5 nitrogen and oxygen atoms in total. The van der Waals surface area contributed by atoms with Crippen LogP contribution in [-0.2, 0) is 16.1 Å². The molecule has 0 aromatic heterocycles. The first-order chi connectivity index (χ1) is 10.2. The number of benzene rings is 1. The summed E-state index contributed by atoms with van der Waals surface area (Å²) in [6.07, 6.45) is 3.49. The van der Waals surface area contributed by atoms with Crippen LogP contribution in [0.25, 0.3) is 0 Å². The van der Waals surface area contributed by atoms with Crippen molar-refractivity contribution in [3.8, 4) is 11.5 Å². The van der Waals surface area contributed by atoms with Crippen molar-refractivity contribution in [2.45, 2.75) is 32.6 Å². The van der Waals surface area contributed by atoms with Crippen LogP contribution in [0.2, 0.25) is 0 Å². The average Bonchev–Trinajstić information content (AvgIpc) is 2.51.